The van der Waals surface area contributed by atoms with Crippen molar-refractivity contribution < 1.29 is 18.8 Å². The molecule has 1 heterocycles. The highest BCUT2D eigenvalue weighted by molar-refractivity contribution is 8.18. The summed E-state index contributed by atoms with van der Waals surface area (Å²) in [6.07, 6.45) is 7.13. The predicted molar refractivity (Wildman–Crippen MR) is 106 cm³/mol. The lowest BCUT2D eigenvalue weighted by Gasteiger charge is -2.21. The van der Waals surface area contributed by atoms with E-state index >= 15 is 0 Å². The number of rotatable bonds is 6. The normalized spacial score (nSPS) is 27.8. The number of hydrogen-bond donors (Lipinski definition) is 1. The van der Waals surface area contributed by atoms with Crippen LogP contribution in [0.5, 0.6) is 0 Å². The Morgan fingerprint density at radius 1 is 1.21 bits per heavy atom. The maximum atomic E-state index is 13.0. The summed E-state index contributed by atoms with van der Waals surface area (Å²) in [5.41, 5.74) is 0.658. The summed E-state index contributed by atoms with van der Waals surface area (Å²) in [6, 6.07) is 5.72. The zero-order valence-corrected chi connectivity index (χ0v) is 16.3. The highest BCUT2D eigenvalue weighted by Gasteiger charge is 2.40. The number of halogens is 1. The summed E-state index contributed by atoms with van der Waals surface area (Å²) < 4.78 is 13.0. The largest absolute Gasteiger partial charge is 0.354 e. The summed E-state index contributed by atoms with van der Waals surface area (Å²) in [4.78, 5) is 38.3. The van der Waals surface area contributed by atoms with Gasteiger partial charge in [-0.1, -0.05) is 18.6 Å². The van der Waals surface area contributed by atoms with Crippen LogP contribution < -0.4 is 5.32 Å². The van der Waals surface area contributed by atoms with Crippen molar-refractivity contribution in [2.45, 2.75) is 32.1 Å². The van der Waals surface area contributed by atoms with Crippen LogP contribution in [0.1, 0.15) is 37.7 Å². The van der Waals surface area contributed by atoms with Crippen molar-refractivity contribution in [3.63, 3.8) is 0 Å². The molecule has 3 fully saturated rings. The van der Waals surface area contributed by atoms with E-state index in [4.69, 9.17) is 0 Å². The van der Waals surface area contributed by atoms with Crippen LogP contribution in [0.15, 0.2) is 29.2 Å². The van der Waals surface area contributed by atoms with Gasteiger partial charge in [-0.2, -0.15) is 0 Å². The van der Waals surface area contributed by atoms with Crippen molar-refractivity contribution in [3.8, 4) is 0 Å². The molecule has 0 radical (unpaired) electrons. The first-order valence-corrected chi connectivity index (χ1v) is 10.6. The number of thioether (sulfide) groups is 1. The van der Waals surface area contributed by atoms with E-state index in [9.17, 15) is 18.8 Å². The third-order valence-electron chi connectivity index (χ3n) is 6.03. The molecule has 0 aromatic heterocycles. The van der Waals surface area contributed by atoms with Crippen LogP contribution in [0.3, 0.4) is 0 Å². The van der Waals surface area contributed by atoms with Crippen LogP contribution >= 0.6 is 11.8 Å². The van der Waals surface area contributed by atoms with Gasteiger partial charge in [-0.05, 0) is 72.6 Å². The third-order valence-corrected chi connectivity index (χ3v) is 6.94. The van der Waals surface area contributed by atoms with E-state index < -0.39 is 0 Å². The third kappa shape index (κ3) is 4.14. The van der Waals surface area contributed by atoms with Crippen molar-refractivity contribution in [1.82, 2.24) is 10.2 Å². The van der Waals surface area contributed by atoms with Gasteiger partial charge < -0.3 is 5.32 Å². The number of nitrogens with zero attached hydrogens (tertiary/aromatic N) is 1. The maximum Gasteiger partial charge on any atom is 0.293 e. The predicted octanol–water partition coefficient (Wildman–Crippen LogP) is 3.80. The van der Waals surface area contributed by atoms with E-state index in [1.165, 1.54) is 31.4 Å². The highest BCUT2D eigenvalue weighted by Crippen LogP contribution is 2.49. The zero-order valence-electron chi connectivity index (χ0n) is 15.5. The standard InChI is InChI=1S/C21H23FN2O3S/c22-17-5-2-13(3-6-17)11-18-20(26)24(21(27)28-18)8-7-23-19(25)12-16-10-14-1-4-15(16)9-14/h2-3,5-6,11,14-16H,1,4,7-10,12H2,(H,23,25)/b18-11+/t14-,15-,16+/m0/s1. The van der Waals surface area contributed by atoms with Crippen molar-refractivity contribution in [3.05, 3.63) is 40.6 Å². The van der Waals surface area contributed by atoms with Gasteiger partial charge in [0.25, 0.3) is 11.1 Å². The molecule has 4 rings (SSSR count). The first-order chi connectivity index (χ1) is 13.5. The molecular weight excluding hydrogens is 379 g/mol. The summed E-state index contributed by atoms with van der Waals surface area (Å²) in [7, 11) is 0. The minimum atomic E-state index is -0.373. The van der Waals surface area contributed by atoms with Gasteiger partial charge in [-0.15, -0.1) is 0 Å². The van der Waals surface area contributed by atoms with Crippen molar-refractivity contribution >= 4 is 34.9 Å². The summed E-state index contributed by atoms with van der Waals surface area (Å²) in [5.74, 6) is 1.29. The van der Waals surface area contributed by atoms with Crippen molar-refractivity contribution in [1.29, 1.82) is 0 Å². The van der Waals surface area contributed by atoms with E-state index in [0.29, 0.717) is 28.7 Å². The average molecular weight is 402 g/mol. The lowest BCUT2D eigenvalue weighted by Crippen LogP contribution is -2.38. The lowest BCUT2D eigenvalue weighted by atomic mass is 9.86. The Morgan fingerprint density at radius 2 is 2.00 bits per heavy atom. The second kappa shape index (κ2) is 8.07. The van der Waals surface area contributed by atoms with Crippen LogP contribution in [-0.4, -0.2) is 35.0 Å². The van der Waals surface area contributed by atoms with Gasteiger partial charge in [-0.25, -0.2) is 4.39 Å². The Bertz CT molecular complexity index is 823. The Kier molecular flexibility index (Phi) is 5.53. The Labute approximate surface area is 167 Å². The van der Waals surface area contributed by atoms with Crippen molar-refractivity contribution in [2.75, 3.05) is 13.1 Å². The van der Waals surface area contributed by atoms with Crippen LogP contribution in [0.25, 0.3) is 6.08 Å². The number of benzene rings is 1. The number of amides is 3. The van der Waals surface area contributed by atoms with Crippen LogP contribution in [0.4, 0.5) is 9.18 Å². The molecule has 1 aromatic rings. The summed E-state index contributed by atoms with van der Waals surface area (Å²) in [6.45, 7) is 0.426. The molecule has 3 atom stereocenters. The summed E-state index contributed by atoms with van der Waals surface area (Å²) in [5, 5.41) is 2.51. The molecule has 1 aliphatic heterocycles. The smallest absolute Gasteiger partial charge is 0.293 e. The maximum absolute atomic E-state index is 13.0. The van der Waals surface area contributed by atoms with Crippen LogP contribution in [0.2, 0.25) is 0 Å². The average Bonchev–Trinajstić information content (AvgIpc) is 3.35. The minimum absolute atomic E-state index is 0.00590. The zero-order chi connectivity index (χ0) is 19.7. The van der Waals surface area contributed by atoms with Gasteiger partial charge in [-0.3, -0.25) is 19.3 Å². The molecule has 1 N–H and O–H groups in total. The lowest BCUT2D eigenvalue weighted by molar-refractivity contribution is -0.124. The van der Waals surface area contributed by atoms with E-state index in [0.717, 1.165) is 29.0 Å². The van der Waals surface area contributed by atoms with E-state index in [1.807, 2.05) is 0 Å². The fraction of sp³-hybridized carbons (Fsp3) is 0.476. The molecular formula is C21H23FN2O3S. The minimum Gasteiger partial charge on any atom is -0.354 e. The fourth-order valence-electron chi connectivity index (χ4n) is 4.65. The van der Waals surface area contributed by atoms with E-state index in [1.54, 1.807) is 18.2 Å². The van der Waals surface area contributed by atoms with E-state index in [2.05, 4.69) is 5.32 Å². The number of carbonyl (C=O) groups excluding carboxylic acids is 3. The molecule has 7 heteroatoms. The molecule has 3 amide bonds. The SMILES string of the molecule is O=C(C[C@H]1C[C@H]2CC[C@H]1C2)NCCN1C(=O)S/C(=C/c2ccc(F)cc2)C1=O. The van der Waals surface area contributed by atoms with Gasteiger partial charge in [0, 0.05) is 19.5 Å². The molecule has 3 aliphatic rings. The monoisotopic (exact) mass is 402 g/mol. The molecule has 1 saturated heterocycles. The quantitative estimate of drug-likeness (QED) is 0.735. The summed E-state index contributed by atoms with van der Waals surface area (Å²) >= 11 is 0.866. The Morgan fingerprint density at radius 3 is 2.68 bits per heavy atom. The second-order valence-electron chi connectivity index (χ2n) is 7.87. The first kappa shape index (κ1) is 19.2. The van der Waals surface area contributed by atoms with Crippen molar-refractivity contribution in [2.24, 2.45) is 17.8 Å². The molecule has 28 heavy (non-hydrogen) atoms. The second-order valence-corrected chi connectivity index (χ2v) is 8.87. The van der Waals surface area contributed by atoms with Crippen LogP contribution in [0, 0.1) is 23.6 Å². The van der Waals surface area contributed by atoms with Gasteiger partial charge in [0.05, 0.1) is 4.91 Å². The van der Waals surface area contributed by atoms with Crippen LogP contribution in [-0.2, 0) is 9.59 Å². The number of fused-ring (bicyclic) bond motifs is 2. The molecule has 0 spiro atoms. The molecule has 2 aliphatic carbocycles. The molecule has 5 nitrogen and oxygen atoms in total. The fourth-order valence-corrected chi connectivity index (χ4v) is 5.51. The van der Waals surface area contributed by atoms with Gasteiger partial charge in [0.1, 0.15) is 5.82 Å². The van der Waals surface area contributed by atoms with E-state index in [-0.39, 0.29) is 36.0 Å². The molecule has 2 saturated carbocycles. The number of hydrogen-bond acceptors (Lipinski definition) is 4. The number of nitrogens with one attached hydrogen (secondary N) is 1. The molecule has 1 aromatic carbocycles. The first-order valence-electron chi connectivity index (χ1n) is 9.77. The number of imide groups is 1. The Hall–Kier alpha value is -2.15. The Balaban J connectivity index is 1.26. The van der Waals surface area contributed by atoms with Gasteiger partial charge >= 0.3 is 0 Å². The number of carbonyl (C=O) groups is 3. The molecule has 2 bridgehead atoms. The van der Waals surface area contributed by atoms with Gasteiger partial charge in [0.2, 0.25) is 5.91 Å². The molecule has 148 valence electrons. The topological polar surface area (TPSA) is 66.5 Å². The highest BCUT2D eigenvalue weighted by atomic mass is 32.2. The van der Waals surface area contributed by atoms with Gasteiger partial charge in [0.15, 0.2) is 0 Å². The molecule has 0 unspecified atom stereocenters.